The Balaban J connectivity index is 1.64. The van der Waals surface area contributed by atoms with Gasteiger partial charge in [0.1, 0.15) is 17.2 Å². The molecule has 3 aromatic heterocycles. The van der Waals surface area contributed by atoms with Gasteiger partial charge in [-0.2, -0.15) is 0 Å². The van der Waals surface area contributed by atoms with Crippen LogP contribution >= 0.6 is 0 Å². The number of ether oxygens (including phenoxy) is 1. The van der Waals surface area contributed by atoms with Crippen LogP contribution in [0.2, 0.25) is 0 Å². The summed E-state index contributed by atoms with van der Waals surface area (Å²) in [6, 6.07) is 17.3. The molecule has 0 aliphatic rings. The molecule has 6 nitrogen and oxygen atoms in total. The molecule has 4 aromatic rings. The van der Waals surface area contributed by atoms with E-state index in [1.165, 1.54) is 0 Å². The number of hydrogen-bond acceptors (Lipinski definition) is 4. The van der Waals surface area contributed by atoms with Crippen LogP contribution in [0.3, 0.4) is 0 Å². The second-order valence-electron chi connectivity index (χ2n) is 6.50. The van der Waals surface area contributed by atoms with Gasteiger partial charge in [-0.05, 0) is 42.0 Å². The molecular formula is C22H21N3O3. The molecule has 0 aliphatic heterocycles. The first-order valence-corrected chi connectivity index (χ1v) is 9.09. The molecule has 0 bridgehead atoms. The van der Waals surface area contributed by atoms with Crippen molar-refractivity contribution in [3.63, 3.8) is 0 Å². The fraction of sp³-hybridized carbons (Fsp3) is 0.182. The highest BCUT2D eigenvalue weighted by Gasteiger charge is 2.22. The first-order chi connectivity index (χ1) is 13.7. The summed E-state index contributed by atoms with van der Waals surface area (Å²) in [6.45, 7) is 0.365. The normalized spacial score (nSPS) is 12.0. The molecule has 0 spiro atoms. The number of rotatable bonds is 7. The molecule has 6 heteroatoms. The molecule has 142 valence electrons. The molecule has 0 radical (unpaired) electrons. The lowest BCUT2D eigenvalue weighted by molar-refractivity contribution is -0.121. The van der Waals surface area contributed by atoms with Crippen LogP contribution in [0.5, 0.6) is 5.75 Å². The largest absolute Gasteiger partial charge is 0.497 e. The van der Waals surface area contributed by atoms with E-state index in [2.05, 4.69) is 10.3 Å². The van der Waals surface area contributed by atoms with Gasteiger partial charge in [-0.1, -0.05) is 18.2 Å². The van der Waals surface area contributed by atoms with Crippen molar-refractivity contribution in [3.05, 3.63) is 90.3 Å². The van der Waals surface area contributed by atoms with Gasteiger partial charge in [-0.15, -0.1) is 0 Å². The van der Waals surface area contributed by atoms with Gasteiger partial charge in [-0.3, -0.25) is 4.79 Å². The summed E-state index contributed by atoms with van der Waals surface area (Å²) in [5.74, 6) is 1.26. The lowest BCUT2D eigenvalue weighted by Crippen LogP contribution is -2.25. The SMILES string of the molecule is COc1cccc(C(CC(=O)NCc2ccco2)c2cnc3ccccn23)c1. The van der Waals surface area contributed by atoms with E-state index in [1.54, 1.807) is 19.4 Å². The predicted molar refractivity (Wildman–Crippen MR) is 105 cm³/mol. The highest BCUT2D eigenvalue weighted by molar-refractivity contribution is 5.77. The number of furan rings is 1. The van der Waals surface area contributed by atoms with Gasteiger partial charge >= 0.3 is 0 Å². The molecule has 28 heavy (non-hydrogen) atoms. The fourth-order valence-corrected chi connectivity index (χ4v) is 3.32. The number of nitrogens with one attached hydrogen (secondary N) is 1. The van der Waals surface area contributed by atoms with Crippen molar-refractivity contribution in [1.29, 1.82) is 0 Å². The Morgan fingerprint density at radius 1 is 1.21 bits per heavy atom. The molecular weight excluding hydrogens is 354 g/mol. The van der Waals surface area contributed by atoms with Gasteiger partial charge in [0.15, 0.2) is 0 Å². The quantitative estimate of drug-likeness (QED) is 0.534. The molecule has 0 aliphatic carbocycles. The van der Waals surface area contributed by atoms with E-state index in [9.17, 15) is 4.79 Å². The smallest absolute Gasteiger partial charge is 0.221 e. The van der Waals surface area contributed by atoms with Crippen molar-refractivity contribution in [3.8, 4) is 5.75 Å². The second-order valence-corrected chi connectivity index (χ2v) is 6.50. The van der Waals surface area contributed by atoms with Gasteiger partial charge in [-0.25, -0.2) is 4.98 Å². The summed E-state index contributed by atoms with van der Waals surface area (Å²) in [4.78, 5) is 17.2. The Bertz CT molecular complexity index is 1070. The lowest BCUT2D eigenvalue weighted by Gasteiger charge is -2.18. The third-order valence-corrected chi connectivity index (χ3v) is 4.73. The minimum absolute atomic E-state index is 0.0601. The summed E-state index contributed by atoms with van der Waals surface area (Å²) in [5.41, 5.74) is 2.80. The van der Waals surface area contributed by atoms with Crippen molar-refractivity contribution in [2.75, 3.05) is 7.11 Å². The van der Waals surface area contributed by atoms with Crippen molar-refractivity contribution in [1.82, 2.24) is 14.7 Å². The number of aromatic nitrogens is 2. The molecule has 1 unspecified atom stereocenters. The van der Waals surface area contributed by atoms with Crippen LogP contribution in [0.4, 0.5) is 0 Å². The van der Waals surface area contributed by atoms with E-state index in [-0.39, 0.29) is 18.2 Å². The van der Waals surface area contributed by atoms with Crippen molar-refractivity contribution < 1.29 is 13.9 Å². The number of nitrogens with zero attached hydrogens (tertiary/aromatic N) is 2. The summed E-state index contributed by atoms with van der Waals surface area (Å²) in [5, 5.41) is 2.93. The molecule has 1 aromatic carbocycles. The Morgan fingerprint density at radius 2 is 2.14 bits per heavy atom. The van der Waals surface area contributed by atoms with Gasteiger partial charge in [0, 0.05) is 24.7 Å². The Kier molecular flexibility index (Phi) is 5.10. The number of benzene rings is 1. The number of carbonyl (C=O) groups is 1. The monoisotopic (exact) mass is 375 g/mol. The maximum Gasteiger partial charge on any atom is 0.221 e. The molecule has 1 atom stereocenters. The maximum atomic E-state index is 12.7. The minimum atomic E-state index is -0.163. The van der Waals surface area contributed by atoms with Crippen LogP contribution in [0.1, 0.15) is 29.4 Å². The van der Waals surface area contributed by atoms with Crippen molar-refractivity contribution >= 4 is 11.6 Å². The highest BCUT2D eigenvalue weighted by atomic mass is 16.5. The van der Waals surface area contributed by atoms with E-state index in [0.29, 0.717) is 6.54 Å². The molecule has 1 N–H and O–H groups in total. The topological polar surface area (TPSA) is 68.8 Å². The Hall–Kier alpha value is -3.54. The zero-order chi connectivity index (χ0) is 19.3. The third-order valence-electron chi connectivity index (χ3n) is 4.73. The first-order valence-electron chi connectivity index (χ1n) is 9.09. The number of amides is 1. The van der Waals surface area contributed by atoms with Crippen molar-refractivity contribution in [2.45, 2.75) is 18.9 Å². The Labute approximate surface area is 162 Å². The number of fused-ring (bicyclic) bond motifs is 1. The number of carbonyl (C=O) groups excluding carboxylic acids is 1. The van der Waals surface area contributed by atoms with Gasteiger partial charge < -0.3 is 18.9 Å². The average molecular weight is 375 g/mol. The van der Waals surface area contributed by atoms with Crippen LogP contribution in [0.15, 0.2) is 77.7 Å². The molecule has 1 amide bonds. The summed E-state index contributed by atoms with van der Waals surface area (Å²) in [7, 11) is 1.64. The molecule has 0 saturated heterocycles. The summed E-state index contributed by atoms with van der Waals surface area (Å²) < 4.78 is 12.7. The van der Waals surface area contributed by atoms with Crippen molar-refractivity contribution in [2.24, 2.45) is 0 Å². The van der Waals surface area contributed by atoms with Crippen LogP contribution in [0.25, 0.3) is 5.65 Å². The van der Waals surface area contributed by atoms with E-state index >= 15 is 0 Å². The summed E-state index contributed by atoms with van der Waals surface area (Å²) in [6.07, 6.45) is 5.68. The van der Waals surface area contributed by atoms with E-state index in [0.717, 1.165) is 28.4 Å². The molecule has 4 rings (SSSR count). The minimum Gasteiger partial charge on any atom is -0.497 e. The van der Waals surface area contributed by atoms with Gasteiger partial charge in [0.05, 0.1) is 25.6 Å². The molecule has 0 fully saturated rings. The highest BCUT2D eigenvalue weighted by Crippen LogP contribution is 2.30. The molecule has 0 saturated carbocycles. The number of hydrogen-bond donors (Lipinski definition) is 1. The number of methoxy groups -OCH3 is 1. The first kappa shape index (κ1) is 17.9. The average Bonchev–Trinajstić information content (AvgIpc) is 3.40. The maximum absolute atomic E-state index is 12.7. The number of imidazole rings is 1. The van der Waals surface area contributed by atoms with Crippen LogP contribution in [-0.2, 0) is 11.3 Å². The number of pyridine rings is 1. The van der Waals surface area contributed by atoms with Crippen LogP contribution < -0.4 is 10.1 Å². The predicted octanol–water partition coefficient (Wildman–Crippen LogP) is 3.77. The van der Waals surface area contributed by atoms with Gasteiger partial charge in [0.2, 0.25) is 5.91 Å². The summed E-state index contributed by atoms with van der Waals surface area (Å²) >= 11 is 0. The van der Waals surface area contributed by atoms with Gasteiger partial charge in [0.25, 0.3) is 0 Å². The fourth-order valence-electron chi connectivity index (χ4n) is 3.32. The standard InChI is InChI=1S/C22H21N3O3/c1-27-17-7-4-6-16(12-17)19(13-22(26)24-14-18-8-5-11-28-18)20-15-23-21-9-2-3-10-25(20)21/h2-12,15,19H,13-14H2,1H3,(H,24,26). The third kappa shape index (κ3) is 3.76. The molecule has 3 heterocycles. The zero-order valence-electron chi connectivity index (χ0n) is 15.5. The van der Waals surface area contributed by atoms with E-state index in [4.69, 9.17) is 9.15 Å². The zero-order valence-corrected chi connectivity index (χ0v) is 15.5. The van der Waals surface area contributed by atoms with Crippen LogP contribution in [-0.4, -0.2) is 22.4 Å². The van der Waals surface area contributed by atoms with E-state index in [1.807, 2.05) is 65.3 Å². The van der Waals surface area contributed by atoms with E-state index < -0.39 is 0 Å². The second kappa shape index (κ2) is 8.00. The lowest BCUT2D eigenvalue weighted by atomic mass is 9.92. The van der Waals surface area contributed by atoms with Crippen LogP contribution in [0, 0.1) is 0 Å². The Morgan fingerprint density at radius 3 is 2.96 bits per heavy atom.